The Labute approximate surface area is 234 Å². The summed E-state index contributed by atoms with van der Waals surface area (Å²) >= 11 is 7.10. The predicted octanol–water partition coefficient (Wildman–Crippen LogP) is 8.12. The second-order valence-corrected chi connectivity index (χ2v) is 18.9. The zero-order chi connectivity index (χ0) is 27.3. The van der Waals surface area contributed by atoms with Gasteiger partial charge in [-0.2, -0.15) is 0 Å². The van der Waals surface area contributed by atoms with Crippen LogP contribution in [0.3, 0.4) is 0 Å². The number of hydrogen-bond donors (Lipinski definition) is 6. The van der Waals surface area contributed by atoms with Crippen molar-refractivity contribution in [3.63, 3.8) is 0 Å². The molecule has 0 rings (SSSR count). The van der Waals surface area contributed by atoms with Crippen molar-refractivity contribution in [3.8, 4) is 0 Å². The van der Waals surface area contributed by atoms with E-state index in [4.69, 9.17) is 29.4 Å². The minimum Gasteiger partial charge on any atom is -0.325 e. The summed E-state index contributed by atoms with van der Waals surface area (Å²) in [5, 5.41) is 3.36. The van der Waals surface area contributed by atoms with E-state index in [1.54, 1.807) is 22.9 Å². The average molecular weight is 632 g/mol. The Morgan fingerprint density at radius 2 is 0.571 bits per heavy atom. The standard InChI is InChI=1S/2C12H25.2H3O3PS.Zn/c2*1-3-5-7-9-11-12-10-8-6-4-2;2*1-4(2,3)5;/h2*1,3-12H2,2H3;2*(H3,1,2,3,5);. The van der Waals surface area contributed by atoms with Crippen LogP contribution in [0.5, 0.6) is 0 Å². The van der Waals surface area contributed by atoms with Gasteiger partial charge in [-0.05, 0) is 23.6 Å². The molecule has 212 valence electrons. The molecule has 35 heavy (non-hydrogen) atoms. The van der Waals surface area contributed by atoms with Crippen LogP contribution >= 0.6 is 13.4 Å². The van der Waals surface area contributed by atoms with Gasteiger partial charge < -0.3 is 29.4 Å². The van der Waals surface area contributed by atoms with Crippen LogP contribution in [0.2, 0.25) is 10.0 Å². The van der Waals surface area contributed by atoms with E-state index in [0.717, 1.165) is 0 Å². The summed E-state index contributed by atoms with van der Waals surface area (Å²) in [6, 6.07) is 0. The molecule has 0 aliphatic carbocycles. The quantitative estimate of drug-likeness (QED) is 0.0402. The van der Waals surface area contributed by atoms with Crippen LogP contribution in [0.4, 0.5) is 0 Å². The normalized spacial score (nSPS) is 11.2. The van der Waals surface area contributed by atoms with E-state index in [2.05, 4.69) is 37.5 Å². The van der Waals surface area contributed by atoms with E-state index in [0.29, 0.717) is 0 Å². The Hall–Kier alpha value is 1.68. The molecule has 0 amide bonds. The van der Waals surface area contributed by atoms with Crippen molar-refractivity contribution in [2.75, 3.05) is 0 Å². The molecule has 0 fully saturated rings. The van der Waals surface area contributed by atoms with Gasteiger partial charge in [-0.3, -0.25) is 0 Å². The van der Waals surface area contributed by atoms with E-state index in [1.165, 1.54) is 116 Å². The summed E-state index contributed by atoms with van der Waals surface area (Å²) in [6.45, 7) is -3.00. The molecule has 0 saturated carbocycles. The van der Waals surface area contributed by atoms with Crippen LogP contribution in [0, 0.1) is 0 Å². The third-order valence-corrected chi connectivity index (χ3v) is 9.90. The van der Waals surface area contributed by atoms with Crippen molar-refractivity contribution in [2.45, 2.75) is 152 Å². The summed E-state index contributed by atoms with van der Waals surface area (Å²) in [7, 11) is 0. The van der Waals surface area contributed by atoms with Gasteiger partial charge in [0.25, 0.3) is 0 Å². The summed E-state index contributed by atoms with van der Waals surface area (Å²) in [6.07, 6.45) is 29.9. The Morgan fingerprint density at radius 1 is 0.400 bits per heavy atom. The van der Waals surface area contributed by atoms with Crippen molar-refractivity contribution in [2.24, 2.45) is 0 Å². The molecule has 11 heteroatoms. The van der Waals surface area contributed by atoms with Gasteiger partial charge in [0.05, 0.1) is 0 Å². The molecule has 0 heterocycles. The van der Waals surface area contributed by atoms with Gasteiger partial charge in [-0.1, -0.05) is 0 Å². The van der Waals surface area contributed by atoms with Gasteiger partial charge in [0.15, 0.2) is 0 Å². The van der Waals surface area contributed by atoms with E-state index in [1.807, 2.05) is 0 Å². The van der Waals surface area contributed by atoms with Crippen LogP contribution in [0.1, 0.15) is 142 Å². The van der Waals surface area contributed by atoms with Crippen molar-refractivity contribution in [1.29, 1.82) is 0 Å². The Kier molecular flexibility index (Phi) is 37.5. The molecule has 6 nitrogen and oxygen atoms in total. The molecule has 0 aliphatic rings. The van der Waals surface area contributed by atoms with Gasteiger partial charge in [0.2, 0.25) is 0 Å². The summed E-state index contributed by atoms with van der Waals surface area (Å²) in [5.41, 5.74) is 0. The molecule has 0 aromatic heterocycles. The number of unbranched alkanes of at least 4 members (excludes halogenated alkanes) is 18. The van der Waals surface area contributed by atoms with Crippen LogP contribution in [-0.2, 0) is 40.7 Å². The first-order chi connectivity index (χ1) is 16.4. The van der Waals surface area contributed by atoms with E-state index in [-0.39, 0.29) is 17.1 Å². The molecular formula is C24H56O6P2S2Zn. The molecule has 0 aromatic rings. The Bertz CT molecular complexity index is 434. The molecular weight excluding hydrogens is 576 g/mol. The summed E-state index contributed by atoms with van der Waals surface area (Å²) < 4.78 is 0. The first kappa shape index (κ1) is 41.2. The fourth-order valence-electron chi connectivity index (χ4n) is 3.86. The van der Waals surface area contributed by atoms with Crippen LogP contribution < -0.4 is 0 Å². The molecule has 0 unspecified atom stereocenters. The number of hydrogen-bond acceptors (Lipinski definition) is 2. The summed E-state index contributed by atoms with van der Waals surface area (Å²) in [4.78, 5) is 45.3. The molecule has 6 N–H and O–H groups in total. The maximum absolute atomic E-state index is 7.56. The van der Waals surface area contributed by atoms with Crippen molar-refractivity contribution in [1.82, 2.24) is 0 Å². The van der Waals surface area contributed by atoms with Gasteiger partial charge in [-0.15, -0.1) is 0 Å². The van der Waals surface area contributed by atoms with Crippen LogP contribution in [0.25, 0.3) is 0 Å². The van der Waals surface area contributed by atoms with Crippen LogP contribution in [-0.4, -0.2) is 29.4 Å². The smallest absolute Gasteiger partial charge is 0.325 e. The van der Waals surface area contributed by atoms with Crippen molar-refractivity contribution < 1.29 is 46.5 Å². The van der Waals surface area contributed by atoms with Crippen molar-refractivity contribution >= 4 is 37.1 Å². The molecule has 0 bridgehead atoms. The Morgan fingerprint density at radius 3 is 0.771 bits per heavy atom. The summed E-state index contributed by atoms with van der Waals surface area (Å²) in [5.74, 6) is 0. The fourth-order valence-corrected chi connectivity index (χ4v) is 7.57. The minimum absolute atomic E-state index is 0.112. The van der Waals surface area contributed by atoms with Gasteiger partial charge in [0, 0.05) is 0 Å². The molecule has 0 spiro atoms. The topological polar surface area (TPSA) is 121 Å². The predicted molar refractivity (Wildman–Crippen MR) is 155 cm³/mol. The van der Waals surface area contributed by atoms with E-state index < -0.39 is 13.4 Å². The third-order valence-electron chi connectivity index (χ3n) is 5.71. The average Bonchev–Trinajstić information content (AvgIpc) is 2.72. The molecule has 0 saturated heterocycles. The van der Waals surface area contributed by atoms with Gasteiger partial charge in [0.1, 0.15) is 0 Å². The zero-order valence-corrected chi connectivity index (χ0v) is 29.0. The second-order valence-electron chi connectivity index (χ2n) is 9.45. The Balaban J connectivity index is -0.000000853. The fraction of sp³-hybridized carbons (Fsp3) is 1.00. The zero-order valence-electron chi connectivity index (χ0n) is 22.7. The van der Waals surface area contributed by atoms with Crippen molar-refractivity contribution in [3.05, 3.63) is 0 Å². The maximum atomic E-state index is 7.56. The number of rotatable bonds is 22. The SMILES string of the molecule is CCCCCCCCCCC[CH2][Zn][CH2]CCCCCCCCCCC.OP(O)(O)=S.OP(O)(O)=S. The van der Waals surface area contributed by atoms with E-state index in [9.17, 15) is 0 Å². The van der Waals surface area contributed by atoms with Gasteiger partial charge >= 0.3 is 183 Å². The first-order valence-electron chi connectivity index (χ1n) is 14.0. The van der Waals surface area contributed by atoms with Crippen LogP contribution in [0.15, 0.2) is 0 Å². The monoisotopic (exact) mass is 630 g/mol. The molecule has 0 aliphatic heterocycles. The minimum atomic E-state index is -3.81. The molecule has 0 aromatic carbocycles. The van der Waals surface area contributed by atoms with Gasteiger partial charge in [-0.25, -0.2) is 0 Å². The molecule has 0 atom stereocenters. The third kappa shape index (κ3) is 72.2. The second kappa shape index (κ2) is 31.9. The van der Waals surface area contributed by atoms with E-state index >= 15 is 0 Å². The molecule has 0 radical (unpaired) electrons. The first-order valence-corrected chi connectivity index (χ1v) is 23.5.